The molecule has 1 aliphatic carbocycles. The number of piperidine rings is 1. The third kappa shape index (κ3) is 3.57. The van der Waals surface area contributed by atoms with Gasteiger partial charge in [0.1, 0.15) is 0 Å². The summed E-state index contributed by atoms with van der Waals surface area (Å²) in [7, 11) is -3.56. The first-order chi connectivity index (χ1) is 12.0. The van der Waals surface area contributed by atoms with Gasteiger partial charge in [-0.15, -0.1) is 0 Å². The summed E-state index contributed by atoms with van der Waals surface area (Å²) in [6.07, 6.45) is 3.02. The van der Waals surface area contributed by atoms with Gasteiger partial charge in [0.2, 0.25) is 10.0 Å². The largest absolute Gasteiger partial charge is 0.347 e. The van der Waals surface area contributed by atoms with Gasteiger partial charge >= 0.3 is 0 Å². The van der Waals surface area contributed by atoms with E-state index in [2.05, 4.69) is 4.72 Å². The number of hydrogen-bond donors (Lipinski definition) is 1. The number of carbonyl (C=O) groups is 1. The smallest absolute Gasteiger partial charge is 0.253 e. The molecule has 7 nitrogen and oxygen atoms in total. The van der Waals surface area contributed by atoms with E-state index in [0.29, 0.717) is 44.7 Å². The van der Waals surface area contributed by atoms with Crippen molar-refractivity contribution < 1.29 is 22.7 Å². The molecule has 1 saturated carbocycles. The Morgan fingerprint density at radius 2 is 1.84 bits per heavy atom. The molecule has 1 aromatic rings. The standard InChI is InChI=1S/C17H22N2O5S/c20-16(19-8-6-17(7-9-19)23-10-11-24-17)13-2-1-3-15(12-13)25(21,22)18-14-4-5-14/h1-3,12,14,18H,4-11H2. The molecule has 3 aliphatic rings. The fourth-order valence-corrected chi connectivity index (χ4v) is 4.65. The van der Waals surface area contributed by atoms with Gasteiger partial charge in [-0.3, -0.25) is 4.79 Å². The summed E-state index contributed by atoms with van der Waals surface area (Å²) >= 11 is 0. The van der Waals surface area contributed by atoms with Crippen molar-refractivity contribution in [1.82, 2.24) is 9.62 Å². The molecule has 0 bridgehead atoms. The lowest BCUT2D eigenvalue weighted by Crippen LogP contribution is -2.47. The molecule has 4 rings (SSSR count). The highest BCUT2D eigenvalue weighted by Gasteiger charge is 2.41. The molecule has 0 radical (unpaired) electrons. The zero-order valence-corrected chi connectivity index (χ0v) is 14.8. The molecule has 3 fully saturated rings. The topological polar surface area (TPSA) is 84.9 Å². The van der Waals surface area contributed by atoms with E-state index in [1.165, 1.54) is 12.1 Å². The number of sulfonamides is 1. The molecule has 0 atom stereocenters. The van der Waals surface area contributed by atoms with Gasteiger partial charge in [0, 0.05) is 37.5 Å². The first kappa shape index (κ1) is 17.0. The number of benzene rings is 1. The van der Waals surface area contributed by atoms with Crippen molar-refractivity contribution >= 4 is 15.9 Å². The van der Waals surface area contributed by atoms with Gasteiger partial charge in [0.05, 0.1) is 18.1 Å². The monoisotopic (exact) mass is 366 g/mol. The van der Waals surface area contributed by atoms with E-state index in [9.17, 15) is 13.2 Å². The van der Waals surface area contributed by atoms with E-state index in [1.807, 2.05) is 0 Å². The van der Waals surface area contributed by atoms with Gasteiger partial charge in [-0.2, -0.15) is 0 Å². The van der Waals surface area contributed by atoms with Crippen LogP contribution in [0.4, 0.5) is 0 Å². The Morgan fingerprint density at radius 1 is 1.16 bits per heavy atom. The van der Waals surface area contributed by atoms with Crippen molar-refractivity contribution in [3.8, 4) is 0 Å². The van der Waals surface area contributed by atoms with Crippen molar-refractivity contribution in [2.24, 2.45) is 0 Å². The van der Waals surface area contributed by atoms with Crippen molar-refractivity contribution in [1.29, 1.82) is 0 Å². The third-order valence-electron chi connectivity index (χ3n) is 4.92. The minimum atomic E-state index is -3.56. The van der Waals surface area contributed by atoms with Crippen LogP contribution in [0.5, 0.6) is 0 Å². The number of amides is 1. The number of nitrogens with zero attached hydrogens (tertiary/aromatic N) is 1. The molecule has 2 saturated heterocycles. The Morgan fingerprint density at radius 3 is 2.48 bits per heavy atom. The maximum absolute atomic E-state index is 12.7. The number of ether oxygens (including phenoxy) is 2. The van der Waals surface area contributed by atoms with Gasteiger partial charge in [0.25, 0.3) is 5.91 Å². The fourth-order valence-electron chi connectivity index (χ4n) is 3.30. The van der Waals surface area contributed by atoms with Crippen LogP contribution in [0.2, 0.25) is 0 Å². The first-order valence-electron chi connectivity index (χ1n) is 8.67. The van der Waals surface area contributed by atoms with Crippen LogP contribution in [0.1, 0.15) is 36.0 Å². The lowest BCUT2D eigenvalue weighted by Gasteiger charge is -2.37. The molecule has 0 unspecified atom stereocenters. The molecule has 1 N–H and O–H groups in total. The minimum absolute atomic E-state index is 0.0362. The van der Waals surface area contributed by atoms with Crippen LogP contribution < -0.4 is 4.72 Å². The number of likely N-dealkylation sites (tertiary alicyclic amines) is 1. The van der Waals surface area contributed by atoms with Crippen LogP contribution in [0, 0.1) is 0 Å². The average molecular weight is 366 g/mol. The molecule has 1 spiro atoms. The molecule has 1 aromatic carbocycles. The molecule has 136 valence electrons. The number of nitrogens with one attached hydrogen (secondary N) is 1. The van der Waals surface area contributed by atoms with Gasteiger partial charge in [-0.25, -0.2) is 13.1 Å². The SMILES string of the molecule is O=C(c1cccc(S(=O)(=O)NC2CC2)c1)N1CCC2(CC1)OCCO2. The predicted octanol–water partition coefficient (Wildman–Crippen LogP) is 1.11. The Balaban J connectivity index is 1.46. The van der Waals surface area contributed by atoms with E-state index in [4.69, 9.17) is 9.47 Å². The highest BCUT2D eigenvalue weighted by molar-refractivity contribution is 7.89. The maximum Gasteiger partial charge on any atom is 0.253 e. The van der Waals surface area contributed by atoms with Crippen LogP contribution in [0.15, 0.2) is 29.2 Å². The second-order valence-corrected chi connectivity index (χ2v) is 8.54. The van der Waals surface area contributed by atoms with Crippen molar-refractivity contribution in [2.45, 2.75) is 42.4 Å². The Hall–Kier alpha value is -1.48. The molecular weight excluding hydrogens is 344 g/mol. The van der Waals surface area contributed by atoms with Gasteiger partial charge in [0.15, 0.2) is 5.79 Å². The minimum Gasteiger partial charge on any atom is -0.347 e. The van der Waals surface area contributed by atoms with Gasteiger partial charge in [-0.1, -0.05) is 6.07 Å². The zero-order chi connectivity index (χ0) is 17.5. The molecule has 25 heavy (non-hydrogen) atoms. The van der Waals surface area contributed by atoms with Crippen LogP contribution >= 0.6 is 0 Å². The van der Waals surface area contributed by atoms with Gasteiger partial charge < -0.3 is 14.4 Å². The summed E-state index contributed by atoms with van der Waals surface area (Å²) in [5.41, 5.74) is 0.392. The van der Waals surface area contributed by atoms with Crippen molar-refractivity contribution in [3.63, 3.8) is 0 Å². The highest BCUT2D eigenvalue weighted by Crippen LogP contribution is 2.32. The lowest BCUT2D eigenvalue weighted by molar-refractivity contribution is -0.181. The highest BCUT2D eigenvalue weighted by atomic mass is 32.2. The molecule has 0 aromatic heterocycles. The number of carbonyl (C=O) groups excluding carboxylic acids is 1. The first-order valence-corrected chi connectivity index (χ1v) is 10.2. The summed E-state index contributed by atoms with van der Waals surface area (Å²) in [6.45, 7) is 2.27. The van der Waals surface area contributed by atoms with Crippen molar-refractivity contribution in [2.75, 3.05) is 26.3 Å². The summed E-state index contributed by atoms with van der Waals surface area (Å²) in [5, 5.41) is 0. The van der Waals surface area contributed by atoms with Crippen LogP contribution in [0.25, 0.3) is 0 Å². The molecule has 1 amide bonds. The molecule has 8 heteroatoms. The summed E-state index contributed by atoms with van der Waals surface area (Å²) in [4.78, 5) is 14.6. The molecule has 2 heterocycles. The molecule has 2 aliphatic heterocycles. The quantitative estimate of drug-likeness (QED) is 0.863. The van der Waals surface area contributed by atoms with E-state index >= 15 is 0 Å². The lowest BCUT2D eigenvalue weighted by atomic mass is 10.0. The summed E-state index contributed by atoms with van der Waals surface area (Å²) in [5.74, 6) is -0.688. The van der Waals surface area contributed by atoms with E-state index in [0.717, 1.165) is 12.8 Å². The van der Waals surface area contributed by atoms with E-state index < -0.39 is 15.8 Å². The summed E-state index contributed by atoms with van der Waals surface area (Å²) in [6, 6.07) is 6.29. The average Bonchev–Trinajstić information content (AvgIpc) is 3.31. The van der Waals surface area contributed by atoms with Crippen molar-refractivity contribution in [3.05, 3.63) is 29.8 Å². The maximum atomic E-state index is 12.7. The number of rotatable bonds is 4. The Kier molecular flexibility index (Phi) is 4.31. The van der Waals surface area contributed by atoms with Gasteiger partial charge in [-0.05, 0) is 31.0 Å². The second kappa shape index (κ2) is 6.35. The van der Waals surface area contributed by atoms with Crippen LogP contribution in [-0.2, 0) is 19.5 Å². The normalized spacial score (nSPS) is 23.1. The summed E-state index contributed by atoms with van der Waals surface area (Å²) < 4.78 is 38.7. The zero-order valence-electron chi connectivity index (χ0n) is 13.9. The van der Waals surface area contributed by atoms with Crippen LogP contribution in [0.3, 0.4) is 0 Å². The number of hydrogen-bond acceptors (Lipinski definition) is 5. The third-order valence-corrected chi connectivity index (χ3v) is 6.43. The van der Waals surface area contributed by atoms with E-state index in [-0.39, 0.29) is 16.8 Å². The molecular formula is C17H22N2O5S. The van der Waals surface area contributed by atoms with E-state index in [1.54, 1.807) is 17.0 Å². The Labute approximate surface area is 147 Å². The Bertz CT molecular complexity index is 759. The second-order valence-electron chi connectivity index (χ2n) is 6.82. The van der Waals surface area contributed by atoms with Crippen LogP contribution in [-0.4, -0.2) is 57.4 Å². The predicted molar refractivity (Wildman–Crippen MR) is 89.6 cm³/mol. The fraction of sp³-hybridized carbons (Fsp3) is 0.588.